The third-order valence-corrected chi connectivity index (χ3v) is 2.75. The van der Waals surface area contributed by atoms with E-state index >= 15 is 0 Å². The van der Waals surface area contributed by atoms with Crippen LogP contribution in [0.4, 0.5) is 0 Å². The Morgan fingerprint density at radius 1 is 1.53 bits per heavy atom. The number of hydrogen-bond donors (Lipinski definition) is 1. The predicted molar refractivity (Wildman–Crippen MR) is 60.4 cm³/mol. The Bertz CT molecular complexity index is 477. The zero-order valence-electron chi connectivity index (χ0n) is 8.79. The lowest BCUT2D eigenvalue weighted by atomic mass is 10.2. The molecule has 2 aromatic heterocycles. The highest BCUT2D eigenvalue weighted by Gasteiger charge is 2.07. The first kappa shape index (κ1) is 10.4. The van der Waals surface area contributed by atoms with E-state index in [1.165, 1.54) is 0 Å². The van der Waals surface area contributed by atoms with Crippen molar-refractivity contribution in [3.8, 4) is 0 Å². The van der Waals surface area contributed by atoms with E-state index in [1.807, 2.05) is 30.8 Å². The van der Waals surface area contributed by atoms with Crippen molar-refractivity contribution in [2.45, 2.75) is 13.3 Å². The van der Waals surface area contributed by atoms with E-state index in [2.05, 4.69) is 15.3 Å². The average Bonchev–Trinajstić information content (AvgIpc) is 2.52. The second kappa shape index (κ2) is 4.16. The smallest absolute Gasteiger partial charge is 0.235 e. The van der Waals surface area contributed by atoms with Crippen LogP contribution in [0.5, 0.6) is 0 Å². The molecule has 5 heteroatoms. The van der Waals surface area contributed by atoms with Gasteiger partial charge in [0.2, 0.25) is 5.78 Å². The van der Waals surface area contributed by atoms with Crippen LogP contribution >= 0.6 is 11.6 Å². The van der Waals surface area contributed by atoms with E-state index in [-0.39, 0.29) is 0 Å². The Balaban J connectivity index is 2.41. The van der Waals surface area contributed by atoms with Gasteiger partial charge in [0.15, 0.2) is 0 Å². The molecule has 15 heavy (non-hydrogen) atoms. The minimum Gasteiger partial charge on any atom is -0.319 e. The number of nitrogens with zero attached hydrogens (tertiary/aromatic N) is 3. The molecule has 80 valence electrons. The van der Waals surface area contributed by atoms with Crippen molar-refractivity contribution in [2.24, 2.45) is 0 Å². The summed E-state index contributed by atoms with van der Waals surface area (Å²) in [6, 6.07) is 0. The van der Waals surface area contributed by atoms with Gasteiger partial charge < -0.3 is 5.32 Å². The summed E-state index contributed by atoms with van der Waals surface area (Å²) < 4.78 is 1.82. The van der Waals surface area contributed by atoms with Gasteiger partial charge in [-0.15, -0.1) is 0 Å². The molecule has 0 saturated carbocycles. The van der Waals surface area contributed by atoms with Crippen LogP contribution in [0.3, 0.4) is 0 Å². The molecule has 0 spiro atoms. The second-order valence-corrected chi connectivity index (χ2v) is 3.83. The number of imidazole rings is 1. The lowest BCUT2D eigenvalue weighted by Gasteiger charge is -2.01. The Labute approximate surface area is 93.3 Å². The van der Waals surface area contributed by atoms with E-state index in [1.54, 1.807) is 0 Å². The van der Waals surface area contributed by atoms with Gasteiger partial charge in [0, 0.05) is 12.4 Å². The number of halogens is 1. The van der Waals surface area contributed by atoms with Crippen molar-refractivity contribution in [1.82, 2.24) is 19.7 Å². The quantitative estimate of drug-likeness (QED) is 0.858. The SMILES string of the molecule is CNCCc1cnc2nc(C)c(Cl)n2c1. The maximum atomic E-state index is 6.09. The molecule has 2 aromatic rings. The molecular formula is C10H13ClN4. The number of fused-ring (bicyclic) bond motifs is 1. The summed E-state index contributed by atoms with van der Waals surface area (Å²) in [4.78, 5) is 8.49. The maximum absolute atomic E-state index is 6.09. The van der Waals surface area contributed by atoms with Crippen molar-refractivity contribution >= 4 is 17.4 Å². The van der Waals surface area contributed by atoms with Gasteiger partial charge in [0.1, 0.15) is 5.15 Å². The summed E-state index contributed by atoms with van der Waals surface area (Å²) in [6.07, 6.45) is 4.77. The highest BCUT2D eigenvalue weighted by Crippen LogP contribution is 2.16. The lowest BCUT2D eigenvalue weighted by molar-refractivity contribution is 0.784. The molecule has 0 aromatic carbocycles. The first-order valence-electron chi connectivity index (χ1n) is 4.86. The van der Waals surface area contributed by atoms with Crippen LogP contribution in [0.2, 0.25) is 5.15 Å². The Morgan fingerprint density at radius 3 is 3.07 bits per heavy atom. The summed E-state index contributed by atoms with van der Waals surface area (Å²) in [7, 11) is 1.93. The van der Waals surface area contributed by atoms with Gasteiger partial charge in [-0.25, -0.2) is 9.97 Å². The van der Waals surface area contributed by atoms with Gasteiger partial charge in [-0.3, -0.25) is 4.40 Å². The van der Waals surface area contributed by atoms with E-state index in [0.29, 0.717) is 10.9 Å². The standard InChI is InChI=1S/C10H13ClN4/c1-7-9(11)15-6-8(3-4-12-2)5-13-10(15)14-7/h5-6,12H,3-4H2,1-2H3. The number of nitrogens with one attached hydrogen (secondary N) is 1. The number of hydrogen-bond acceptors (Lipinski definition) is 3. The van der Waals surface area contributed by atoms with Gasteiger partial charge in [-0.2, -0.15) is 0 Å². The average molecular weight is 225 g/mol. The summed E-state index contributed by atoms with van der Waals surface area (Å²) >= 11 is 6.09. The molecule has 2 rings (SSSR count). The minimum atomic E-state index is 0.642. The first-order chi connectivity index (χ1) is 7.22. The molecular weight excluding hydrogens is 212 g/mol. The second-order valence-electron chi connectivity index (χ2n) is 3.47. The fourth-order valence-electron chi connectivity index (χ4n) is 1.46. The molecule has 0 aliphatic heterocycles. The molecule has 1 N–H and O–H groups in total. The van der Waals surface area contributed by atoms with E-state index in [0.717, 1.165) is 24.2 Å². The highest BCUT2D eigenvalue weighted by molar-refractivity contribution is 6.30. The number of aryl methyl sites for hydroxylation is 1. The first-order valence-corrected chi connectivity index (χ1v) is 5.24. The Morgan fingerprint density at radius 2 is 2.33 bits per heavy atom. The molecule has 0 bridgehead atoms. The summed E-state index contributed by atoms with van der Waals surface area (Å²) in [5, 5.41) is 3.74. The predicted octanol–water partition coefficient (Wildman–Crippen LogP) is 1.45. The van der Waals surface area contributed by atoms with Crippen LogP contribution in [-0.2, 0) is 6.42 Å². The number of aromatic nitrogens is 3. The fraction of sp³-hybridized carbons (Fsp3) is 0.400. The van der Waals surface area contributed by atoms with Gasteiger partial charge >= 0.3 is 0 Å². The van der Waals surface area contributed by atoms with Gasteiger partial charge in [-0.05, 0) is 32.5 Å². The third-order valence-electron chi connectivity index (χ3n) is 2.30. The molecule has 0 amide bonds. The summed E-state index contributed by atoms with van der Waals surface area (Å²) in [5.41, 5.74) is 1.96. The maximum Gasteiger partial charge on any atom is 0.235 e. The minimum absolute atomic E-state index is 0.642. The molecule has 2 heterocycles. The Kier molecular flexibility index (Phi) is 2.88. The molecule has 0 saturated heterocycles. The van der Waals surface area contributed by atoms with E-state index in [4.69, 9.17) is 11.6 Å². The highest BCUT2D eigenvalue weighted by atomic mass is 35.5. The Hall–Kier alpha value is -1.13. The van der Waals surface area contributed by atoms with Crippen molar-refractivity contribution in [3.05, 3.63) is 28.8 Å². The zero-order chi connectivity index (χ0) is 10.8. The van der Waals surface area contributed by atoms with Gasteiger partial charge in [0.25, 0.3) is 0 Å². The normalized spacial score (nSPS) is 11.1. The molecule has 0 aliphatic carbocycles. The van der Waals surface area contributed by atoms with Crippen molar-refractivity contribution < 1.29 is 0 Å². The monoisotopic (exact) mass is 224 g/mol. The van der Waals surface area contributed by atoms with Crippen molar-refractivity contribution in [2.75, 3.05) is 13.6 Å². The summed E-state index contributed by atoms with van der Waals surface area (Å²) in [5.74, 6) is 0.658. The fourth-order valence-corrected chi connectivity index (χ4v) is 1.62. The van der Waals surface area contributed by atoms with Gasteiger partial charge in [-0.1, -0.05) is 11.6 Å². The van der Waals surface area contributed by atoms with Crippen LogP contribution in [0.15, 0.2) is 12.4 Å². The summed E-state index contributed by atoms with van der Waals surface area (Å²) in [6.45, 7) is 2.81. The van der Waals surface area contributed by atoms with Crippen LogP contribution in [-0.4, -0.2) is 28.0 Å². The molecule has 4 nitrogen and oxygen atoms in total. The van der Waals surface area contributed by atoms with E-state index < -0.39 is 0 Å². The largest absolute Gasteiger partial charge is 0.319 e. The van der Waals surface area contributed by atoms with Crippen LogP contribution in [0, 0.1) is 6.92 Å². The van der Waals surface area contributed by atoms with Crippen LogP contribution in [0.1, 0.15) is 11.3 Å². The van der Waals surface area contributed by atoms with Crippen molar-refractivity contribution in [1.29, 1.82) is 0 Å². The number of rotatable bonds is 3. The zero-order valence-corrected chi connectivity index (χ0v) is 9.54. The van der Waals surface area contributed by atoms with Gasteiger partial charge in [0.05, 0.1) is 5.69 Å². The molecule has 0 radical (unpaired) electrons. The van der Waals surface area contributed by atoms with Crippen LogP contribution < -0.4 is 5.32 Å². The molecule has 0 unspecified atom stereocenters. The number of likely N-dealkylation sites (N-methyl/N-ethyl adjacent to an activating group) is 1. The topological polar surface area (TPSA) is 42.2 Å². The van der Waals surface area contributed by atoms with Crippen LogP contribution in [0.25, 0.3) is 5.78 Å². The lowest BCUT2D eigenvalue weighted by Crippen LogP contribution is -2.10. The van der Waals surface area contributed by atoms with E-state index in [9.17, 15) is 0 Å². The molecule has 0 fully saturated rings. The molecule has 0 aliphatic rings. The third kappa shape index (κ3) is 1.96. The molecule has 0 atom stereocenters. The van der Waals surface area contributed by atoms with Crippen molar-refractivity contribution in [3.63, 3.8) is 0 Å².